The van der Waals surface area contributed by atoms with Crippen LogP contribution in [0, 0.1) is 13.8 Å². The fourth-order valence-corrected chi connectivity index (χ4v) is 4.75. The Balaban J connectivity index is 1.68. The van der Waals surface area contributed by atoms with Gasteiger partial charge in [0.25, 0.3) is 5.91 Å². The number of carbonyl (C=O) groups is 1. The lowest BCUT2D eigenvalue weighted by Gasteiger charge is -2.16. The van der Waals surface area contributed by atoms with E-state index in [-0.39, 0.29) is 22.6 Å². The number of nitrogens with one attached hydrogen (secondary N) is 1. The molecule has 0 atom stereocenters. The van der Waals surface area contributed by atoms with Crippen LogP contribution >= 0.6 is 0 Å². The molecule has 0 aliphatic heterocycles. The molecule has 2 aromatic rings. The quantitative estimate of drug-likeness (QED) is 0.590. The molecule has 0 radical (unpaired) electrons. The Morgan fingerprint density at radius 2 is 1.61 bits per heavy atom. The lowest BCUT2D eigenvalue weighted by atomic mass is 10.1. The Morgan fingerprint density at radius 3 is 2.25 bits per heavy atom. The number of benzene rings is 2. The minimum absolute atomic E-state index is 0.129. The summed E-state index contributed by atoms with van der Waals surface area (Å²) < 4.78 is 30.4. The van der Waals surface area contributed by atoms with E-state index in [9.17, 15) is 13.2 Å². The number of hydrogen-bond donors (Lipinski definition) is 1. The normalized spacial score (nSPS) is 15.6. The first-order valence-electron chi connectivity index (χ1n) is 9.78. The predicted octanol–water partition coefficient (Wildman–Crippen LogP) is 4.52. The molecule has 5 nitrogen and oxygen atoms in total. The minimum atomic E-state index is -3.93. The van der Waals surface area contributed by atoms with Crippen LogP contribution in [0.2, 0.25) is 0 Å². The van der Waals surface area contributed by atoms with Gasteiger partial charge in [-0.25, -0.2) is 0 Å². The first kappa shape index (κ1) is 20.4. The molecule has 1 fully saturated rings. The van der Waals surface area contributed by atoms with Gasteiger partial charge in [0.2, 0.25) is 0 Å². The van der Waals surface area contributed by atoms with Crippen molar-refractivity contribution >= 4 is 16.0 Å². The maximum atomic E-state index is 12.6. The first-order valence-corrected chi connectivity index (χ1v) is 11.2. The predicted molar refractivity (Wildman–Crippen MR) is 109 cm³/mol. The fraction of sp³-hybridized carbons (Fsp3) is 0.409. The van der Waals surface area contributed by atoms with E-state index in [1.807, 2.05) is 13.0 Å². The Kier molecular flexibility index (Phi) is 6.39. The van der Waals surface area contributed by atoms with Gasteiger partial charge in [-0.3, -0.25) is 4.79 Å². The van der Waals surface area contributed by atoms with Gasteiger partial charge in [0.1, 0.15) is 10.6 Å². The zero-order chi connectivity index (χ0) is 20.1. The summed E-state index contributed by atoms with van der Waals surface area (Å²) in [6.07, 6.45) is 6.78. The monoisotopic (exact) mass is 401 g/mol. The second kappa shape index (κ2) is 8.78. The Labute approximate surface area is 167 Å². The van der Waals surface area contributed by atoms with Crippen LogP contribution < -0.4 is 9.50 Å². The van der Waals surface area contributed by atoms with Crippen molar-refractivity contribution in [1.82, 2.24) is 5.32 Å². The van der Waals surface area contributed by atoms with E-state index in [4.69, 9.17) is 4.18 Å². The van der Waals surface area contributed by atoms with E-state index in [1.165, 1.54) is 25.0 Å². The molecular weight excluding hydrogens is 374 g/mol. The summed E-state index contributed by atoms with van der Waals surface area (Å²) in [5.74, 6) is 0.0581. The Hall–Kier alpha value is -2.34. The van der Waals surface area contributed by atoms with Gasteiger partial charge in [0, 0.05) is 11.6 Å². The highest BCUT2D eigenvalue weighted by molar-refractivity contribution is 7.87. The molecular formula is C22H27NO4S. The average Bonchev–Trinajstić information content (AvgIpc) is 2.92. The number of amides is 1. The van der Waals surface area contributed by atoms with Crippen LogP contribution in [0.1, 0.15) is 60.0 Å². The molecule has 1 aliphatic carbocycles. The van der Waals surface area contributed by atoms with Gasteiger partial charge in [0.15, 0.2) is 0 Å². The van der Waals surface area contributed by atoms with Crippen LogP contribution in [0.3, 0.4) is 0 Å². The van der Waals surface area contributed by atoms with Gasteiger partial charge in [-0.1, -0.05) is 37.8 Å². The molecule has 1 saturated carbocycles. The summed E-state index contributed by atoms with van der Waals surface area (Å²) in [5.41, 5.74) is 1.98. The summed E-state index contributed by atoms with van der Waals surface area (Å²) in [7, 11) is -3.93. The smallest absolute Gasteiger partial charge is 0.339 e. The molecule has 0 unspecified atom stereocenters. The SMILES string of the molecule is Cc1ccc(C)c(S(=O)(=O)Oc2ccc(C(=O)NC3CCCCCC3)cc2)c1. The van der Waals surface area contributed by atoms with Gasteiger partial charge < -0.3 is 9.50 Å². The summed E-state index contributed by atoms with van der Waals surface area (Å²) in [4.78, 5) is 12.6. The first-order chi connectivity index (χ1) is 13.3. The van der Waals surface area contributed by atoms with Crippen molar-refractivity contribution in [1.29, 1.82) is 0 Å². The van der Waals surface area contributed by atoms with E-state index < -0.39 is 10.1 Å². The Bertz CT molecular complexity index is 928. The van der Waals surface area contributed by atoms with Crippen LogP contribution in [0.4, 0.5) is 0 Å². The maximum Gasteiger partial charge on any atom is 0.339 e. The van der Waals surface area contributed by atoms with Gasteiger partial charge in [-0.2, -0.15) is 8.42 Å². The summed E-state index contributed by atoms with van der Waals surface area (Å²) in [6, 6.07) is 11.7. The van der Waals surface area contributed by atoms with E-state index in [2.05, 4.69) is 5.32 Å². The molecule has 0 spiro atoms. The average molecular weight is 402 g/mol. The summed E-state index contributed by atoms with van der Waals surface area (Å²) >= 11 is 0. The third-order valence-corrected chi connectivity index (χ3v) is 6.52. The molecule has 1 aliphatic rings. The van der Waals surface area contributed by atoms with E-state index in [0.717, 1.165) is 31.2 Å². The summed E-state index contributed by atoms with van der Waals surface area (Å²) in [6.45, 7) is 3.57. The number of rotatable bonds is 5. The topological polar surface area (TPSA) is 72.5 Å². The van der Waals surface area contributed by atoms with Crippen molar-refractivity contribution in [3.8, 4) is 5.75 Å². The molecule has 1 amide bonds. The molecule has 6 heteroatoms. The van der Waals surface area contributed by atoms with Crippen molar-refractivity contribution in [3.63, 3.8) is 0 Å². The molecule has 28 heavy (non-hydrogen) atoms. The van der Waals surface area contributed by atoms with Crippen molar-refractivity contribution in [3.05, 3.63) is 59.2 Å². The lowest BCUT2D eigenvalue weighted by Crippen LogP contribution is -2.34. The van der Waals surface area contributed by atoms with E-state index in [0.29, 0.717) is 11.1 Å². The third-order valence-electron chi connectivity index (χ3n) is 5.13. The number of carbonyl (C=O) groups excluding carboxylic acids is 1. The highest BCUT2D eigenvalue weighted by Crippen LogP contribution is 2.23. The highest BCUT2D eigenvalue weighted by Gasteiger charge is 2.20. The van der Waals surface area contributed by atoms with Crippen LogP contribution in [0.5, 0.6) is 5.75 Å². The second-order valence-electron chi connectivity index (χ2n) is 7.49. The number of hydrogen-bond acceptors (Lipinski definition) is 4. The van der Waals surface area contributed by atoms with Gasteiger partial charge in [0.05, 0.1) is 0 Å². The largest absolute Gasteiger partial charge is 0.379 e. The van der Waals surface area contributed by atoms with E-state index in [1.54, 1.807) is 31.2 Å². The zero-order valence-corrected chi connectivity index (χ0v) is 17.2. The van der Waals surface area contributed by atoms with Gasteiger partial charge >= 0.3 is 10.1 Å². The molecule has 0 aromatic heterocycles. The van der Waals surface area contributed by atoms with Gasteiger partial charge in [-0.15, -0.1) is 0 Å². The lowest BCUT2D eigenvalue weighted by molar-refractivity contribution is 0.0933. The van der Waals surface area contributed by atoms with E-state index >= 15 is 0 Å². The highest BCUT2D eigenvalue weighted by atomic mass is 32.2. The molecule has 0 bridgehead atoms. The van der Waals surface area contributed by atoms with Gasteiger partial charge in [-0.05, 0) is 68.1 Å². The van der Waals surface area contributed by atoms with Crippen LogP contribution in [0.15, 0.2) is 47.4 Å². The van der Waals surface area contributed by atoms with Crippen LogP contribution in [-0.4, -0.2) is 20.4 Å². The fourth-order valence-electron chi connectivity index (χ4n) is 3.50. The second-order valence-corrected chi connectivity index (χ2v) is 9.01. The standard InChI is InChI=1S/C22H27NO4S/c1-16-9-10-17(2)21(15-16)28(25,26)27-20-13-11-18(12-14-20)22(24)23-19-7-5-3-4-6-8-19/h9-15,19H,3-8H2,1-2H3,(H,23,24). The van der Waals surface area contributed by atoms with Crippen molar-refractivity contribution in [2.24, 2.45) is 0 Å². The van der Waals surface area contributed by atoms with Crippen LogP contribution in [0.25, 0.3) is 0 Å². The number of aryl methyl sites for hydroxylation is 2. The van der Waals surface area contributed by atoms with Crippen LogP contribution in [-0.2, 0) is 10.1 Å². The third kappa shape index (κ3) is 5.13. The van der Waals surface area contributed by atoms with Crippen molar-refractivity contribution in [2.75, 3.05) is 0 Å². The van der Waals surface area contributed by atoms with Crippen molar-refractivity contribution < 1.29 is 17.4 Å². The Morgan fingerprint density at radius 1 is 0.964 bits per heavy atom. The molecule has 0 saturated heterocycles. The molecule has 0 heterocycles. The summed E-state index contributed by atoms with van der Waals surface area (Å²) in [5, 5.41) is 3.08. The maximum absolute atomic E-state index is 12.6. The molecule has 3 rings (SSSR count). The molecule has 2 aromatic carbocycles. The van der Waals surface area contributed by atoms with Crippen molar-refractivity contribution in [2.45, 2.75) is 63.3 Å². The molecule has 150 valence electrons. The zero-order valence-electron chi connectivity index (χ0n) is 16.4. The minimum Gasteiger partial charge on any atom is -0.379 e. The molecule has 1 N–H and O–H groups in total.